The van der Waals surface area contributed by atoms with E-state index in [9.17, 15) is 17.6 Å². The molecule has 0 spiro atoms. The van der Waals surface area contributed by atoms with Crippen LogP contribution in [0.3, 0.4) is 0 Å². The molecule has 0 aliphatic carbocycles. The molecule has 1 rings (SSSR count). The summed E-state index contributed by atoms with van der Waals surface area (Å²) < 4.78 is 38.5. The van der Waals surface area contributed by atoms with Crippen LogP contribution in [0.2, 0.25) is 0 Å². The Hall–Kier alpha value is -1.67. The van der Waals surface area contributed by atoms with Crippen molar-refractivity contribution < 1.29 is 17.6 Å². The Kier molecular flexibility index (Phi) is 3.92. The normalized spacial score (nSPS) is 11.8. The summed E-state index contributed by atoms with van der Waals surface area (Å²) in [4.78, 5) is 10.1. The second kappa shape index (κ2) is 4.91. The predicted molar refractivity (Wildman–Crippen MR) is 64.6 cm³/mol. The molecule has 0 aromatic heterocycles. The maximum Gasteiger partial charge on any atom is 0.246 e. The molecule has 6 nitrogen and oxygen atoms in total. The fourth-order valence-electron chi connectivity index (χ4n) is 1.42. The van der Waals surface area contributed by atoms with E-state index in [0.29, 0.717) is 4.31 Å². The van der Waals surface area contributed by atoms with Crippen LogP contribution in [0.1, 0.15) is 5.56 Å². The van der Waals surface area contributed by atoms with Crippen molar-refractivity contribution in [3.63, 3.8) is 0 Å². The van der Waals surface area contributed by atoms with Gasteiger partial charge in [0.2, 0.25) is 15.9 Å². The van der Waals surface area contributed by atoms with Gasteiger partial charge in [0, 0.05) is 12.7 Å². The molecule has 0 fully saturated rings. The molecule has 1 aromatic rings. The van der Waals surface area contributed by atoms with E-state index in [0.717, 1.165) is 13.1 Å². The first kappa shape index (κ1) is 14.4. The monoisotopic (exact) mass is 275 g/mol. The first-order chi connectivity index (χ1) is 8.16. The molecule has 1 aromatic carbocycles. The quantitative estimate of drug-likeness (QED) is 0.743. The predicted octanol–water partition coefficient (Wildman–Crippen LogP) is -0.178. The SMILES string of the molecule is Cc1cc(N)cc(S(=O)(=O)N(C)CC(N)=O)c1F. The molecule has 18 heavy (non-hydrogen) atoms. The Balaban J connectivity index is 3.33. The van der Waals surface area contributed by atoms with Crippen molar-refractivity contribution >= 4 is 21.6 Å². The second-order valence-electron chi connectivity index (χ2n) is 3.88. The highest BCUT2D eigenvalue weighted by atomic mass is 32.2. The number of carbonyl (C=O) groups is 1. The summed E-state index contributed by atoms with van der Waals surface area (Å²) in [6, 6.07) is 2.33. The van der Waals surface area contributed by atoms with Crippen LogP contribution < -0.4 is 11.5 Å². The first-order valence-corrected chi connectivity index (χ1v) is 6.40. The van der Waals surface area contributed by atoms with Crippen molar-refractivity contribution in [3.05, 3.63) is 23.5 Å². The van der Waals surface area contributed by atoms with Gasteiger partial charge in [-0.15, -0.1) is 0 Å². The van der Waals surface area contributed by atoms with Gasteiger partial charge in [0.1, 0.15) is 10.7 Å². The number of carbonyl (C=O) groups excluding carboxylic acids is 1. The van der Waals surface area contributed by atoms with Crippen molar-refractivity contribution in [1.82, 2.24) is 4.31 Å². The zero-order chi connectivity index (χ0) is 14.1. The Labute approximate surface area is 104 Å². The highest BCUT2D eigenvalue weighted by Gasteiger charge is 2.26. The van der Waals surface area contributed by atoms with E-state index >= 15 is 0 Å². The number of hydrogen-bond acceptors (Lipinski definition) is 4. The van der Waals surface area contributed by atoms with E-state index < -0.39 is 33.2 Å². The summed E-state index contributed by atoms with van der Waals surface area (Å²) in [5, 5.41) is 0. The van der Waals surface area contributed by atoms with Gasteiger partial charge in [-0.25, -0.2) is 12.8 Å². The minimum absolute atomic E-state index is 0.112. The third-order valence-corrected chi connectivity index (χ3v) is 4.11. The summed E-state index contributed by atoms with van der Waals surface area (Å²) in [5.74, 6) is -1.72. The fourth-order valence-corrected chi connectivity index (χ4v) is 2.73. The molecule has 0 bridgehead atoms. The molecular weight excluding hydrogens is 261 g/mol. The number of primary amides is 1. The largest absolute Gasteiger partial charge is 0.399 e. The van der Waals surface area contributed by atoms with Gasteiger partial charge in [-0.05, 0) is 24.6 Å². The second-order valence-corrected chi connectivity index (χ2v) is 5.89. The molecule has 0 radical (unpaired) electrons. The number of hydrogen-bond donors (Lipinski definition) is 2. The fraction of sp³-hybridized carbons (Fsp3) is 0.300. The molecule has 0 saturated heterocycles. The molecule has 0 aliphatic rings. The van der Waals surface area contributed by atoms with Crippen molar-refractivity contribution in [2.24, 2.45) is 5.73 Å². The molecule has 4 N–H and O–H groups in total. The van der Waals surface area contributed by atoms with Gasteiger partial charge in [0.15, 0.2) is 0 Å². The lowest BCUT2D eigenvalue weighted by molar-refractivity contribution is -0.118. The van der Waals surface area contributed by atoms with Crippen molar-refractivity contribution in [3.8, 4) is 0 Å². The van der Waals surface area contributed by atoms with Gasteiger partial charge in [0.25, 0.3) is 0 Å². The van der Waals surface area contributed by atoms with Crippen molar-refractivity contribution in [2.75, 3.05) is 19.3 Å². The van der Waals surface area contributed by atoms with Crippen LogP contribution in [-0.4, -0.2) is 32.2 Å². The zero-order valence-electron chi connectivity index (χ0n) is 9.97. The number of nitrogen functional groups attached to an aromatic ring is 1. The van der Waals surface area contributed by atoms with Gasteiger partial charge in [0.05, 0.1) is 6.54 Å². The van der Waals surface area contributed by atoms with E-state index in [1.165, 1.54) is 13.0 Å². The Morgan fingerprint density at radius 2 is 2.00 bits per heavy atom. The summed E-state index contributed by atoms with van der Waals surface area (Å²) in [5.41, 5.74) is 10.6. The van der Waals surface area contributed by atoms with Gasteiger partial charge in [-0.3, -0.25) is 4.79 Å². The molecule has 8 heteroatoms. The van der Waals surface area contributed by atoms with Gasteiger partial charge >= 0.3 is 0 Å². The van der Waals surface area contributed by atoms with Gasteiger partial charge < -0.3 is 11.5 Å². The van der Waals surface area contributed by atoms with E-state index in [-0.39, 0.29) is 11.3 Å². The number of benzene rings is 1. The highest BCUT2D eigenvalue weighted by molar-refractivity contribution is 7.89. The van der Waals surface area contributed by atoms with Gasteiger partial charge in [-0.1, -0.05) is 0 Å². The molecule has 0 heterocycles. The third-order valence-electron chi connectivity index (χ3n) is 2.31. The van der Waals surface area contributed by atoms with Crippen LogP contribution in [0.4, 0.5) is 10.1 Å². The molecule has 0 atom stereocenters. The summed E-state index contributed by atoms with van der Waals surface area (Å²) >= 11 is 0. The molecular formula is C10H14FN3O3S. The van der Waals surface area contributed by atoms with Crippen LogP contribution >= 0.6 is 0 Å². The minimum atomic E-state index is -4.13. The Morgan fingerprint density at radius 3 is 2.50 bits per heavy atom. The van der Waals surface area contributed by atoms with Crippen molar-refractivity contribution in [1.29, 1.82) is 0 Å². The third kappa shape index (κ3) is 2.77. The zero-order valence-corrected chi connectivity index (χ0v) is 10.8. The molecule has 0 aliphatic heterocycles. The Bertz CT molecular complexity index is 586. The lowest BCUT2D eigenvalue weighted by Crippen LogP contribution is -2.35. The number of aryl methyl sites for hydroxylation is 1. The van der Waals surface area contributed by atoms with E-state index in [1.54, 1.807) is 0 Å². The smallest absolute Gasteiger partial charge is 0.246 e. The minimum Gasteiger partial charge on any atom is -0.399 e. The van der Waals surface area contributed by atoms with Crippen LogP contribution in [-0.2, 0) is 14.8 Å². The van der Waals surface area contributed by atoms with Crippen molar-refractivity contribution in [2.45, 2.75) is 11.8 Å². The number of likely N-dealkylation sites (N-methyl/N-ethyl adjacent to an activating group) is 1. The average molecular weight is 275 g/mol. The maximum absolute atomic E-state index is 13.8. The van der Waals surface area contributed by atoms with Gasteiger partial charge in [-0.2, -0.15) is 4.31 Å². The number of sulfonamides is 1. The molecule has 1 amide bonds. The standard InChI is InChI=1S/C10H14FN3O3S/c1-6-3-7(12)4-8(10(6)11)18(16,17)14(2)5-9(13)15/h3-4H,5,12H2,1-2H3,(H2,13,15). The number of rotatable bonds is 4. The van der Waals surface area contributed by atoms with E-state index in [2.05, 4.69) is 0 Å². The average Bonchev–Trinajstić information content (AvgIpc) is 2.22. The van der Waals surface area contributed by atoms with E-state index in [4.69, 9.17) is 11.5 Å². The highest BCUT2D eigenvalue weighted by Crippen LogP contribution is 2.23. The summed E-state index contributed by atoms with van der Waals surface area (Å²) in [6.45, 7) is 0.869. The maximum atomic E-state index is 13.8. The van der Waals surface area contributed by atoms with Crippen LogP contribution in [0.5, 0.6) is 0 Å². The van der Waals surface area contributed by atoms with Crippen LogP contribution in [0, 0.1) is 12.7 Å². The molecule has 0 unspecified atom stereocenters. The number of halogens is 1. The molecule has 100 valence electrons. The van der Waals surface area contributed by atoms with Crippen LogP contribution in [0.15, 0.2) is 17.0 Å². The lowest BCUT2D eigenvalue weighted by atomic mass is 10.2. The summed E-state index contributed by atoms with van der Waals surface area (Å²) in [6.07, 6.45) is 0. The summed E-state index contributed by atoms with van der Waals surface area (Å²) in [7, 11) is -3.00. The van der Waals surface area contributed by atoms with Crippen LogP contribution in [0.25, 0.3) is 0 Å². The Morgan fingerprint density at radius 1 is 1.44 bits per heavy atom. The number of anilines is 1. The van der Waals surface area contributed by atoms with E-state index in [1.807, 2.05) is 0 Å². The number of amides is 1. The topological polar surface area (TPSA) is 106 Å². The number of nitrogens with zero attached hydrogens (tertiary/aromatic N) is 1. The molecule has 0 saturated carbocycles. The number of nitrogens with two attached hydrogens (primary N) is 2. The first-order valence-electron chi connectivity index (χ1n) is 4.96. The lowest BCUT2D eigenvalue weighted by Gasteiger charge is -2.16.